The second-order valence-corrected chi connectivity index (χ2v) is 15.6. The number of aryl methyl sites for hydroxylation is 1. The molecule has 0 aliphatic carbocycles. The van der Waals surface area contributed by atoms with Crippen LogP contribution >= 0.6 is 22.9 Å². The Morgan fingerprint density at radius 3 is 1.89 bits per heavy atom. The van der Waals surface area contributed by atoms with E-state index in [1.807, 2.05) is 31.2 Å². The minimum Gasteiger partial charge on any atom is -0.494 e. The van der Waals surface area contributed by atoms with Crippen molar-refractivity contribution in [3.8, 4) is 5.75 Å². The first-order valence-corrected chi connectivity index (χ1v) is 20.1. The number of nitrogens with zero attached hydrogens (tertiary/aromatic N) is 2. The fraction of sp³-hybridized carbons (Fsp3) is 0.459. The maximum Gasteiger partial charge on any atom is 0.414 e. The first-order chi connectivity index (χ1) is 25.2. The molecule has 0 unspecified atom stereocenters. The number of carbonyl (C=O) groups is 4. The van der Waals surface area contributed by atoms with E-state index in [1.165, 1.54) is 30.6 Å². The Kier molecular flexibility index (Phi) is 19.5. The molecule has 0 radical (unpaired) electrons. The molecule has 1 aliphatic heterocycles. The molecule has 2 aromatic carbocycles. The summed E-state index contributed by atoms with van der Waals surface area (Å²) in [7, 11) is -3.66. The van der Waals surface area contributed by atoms with Crippen molar-refractivity contribution in [2.45, 2.75) is 88.6 Å². The Bertz CT molecular complexity index is 1710. The number of carboxylic acids is 4. The lowest BCUT2D eigenvalue weighted by atomic mass is 10.1. The van der Waals surface area contributed by atoms with Crippen LogP contribution in [0.15, 0.2) is 58.3 Å². The van der Waals surface area contributed by atoms with Crippen molar-refractivity contribution < 1.29 is 52.8 Å². The molecule has 4 N–H and O–H groups in total. The highest BCUT2D eigenvalue weighted by Crippen LogP contribution is 2.40. The van der Waals surface area contributed by atoms with E-state index in [0.29, 0.717) is 41.7 Å². The highest BCUT2D eigenvalue weighted by atomic mass is 35.5. The highest BCUT2D eigenvalue weighted by Gasteiger charge is 2.32. The van der Waals surface area contributed by atoms with Crippen LogP contribution in [0.4, 0.5) is 0 Å². The normalized spacial score (nSPS) is 12.5. The lowest BCUT2D eigenvalue weighted by Crippen LogP contribution is -2.30. The molecule has 53 heavy (non-hydrogen) atoms. The van der Waals surface area contributed by atoms with Crippen molar-refractivity contribution in [2.75, 3.05) is 32.8 Å². The van der Waals surface area contributed by atoms with Gasteiger partial charge < -0.3 is 30.1 Å². The number of halogens is 1. The van der Waals surface area contributed by atoms with E-state index in [9.17, 15) is 8.42 Å². The third-order valence-corrected chi connectivity index (χ3v) is 12.0. The van der Waals surface area contributed by atoms with Gasteiger partial charge in [0, 0.05) is 41.0 Å². The Morgan fingerprint density at radius 1 is 0.830 bits per heavy atom. The van der Waals surface area contributed by atoms with Gasteiger partial charge in [-0.3, -0.25) is 4.90 Å². The number of benzene rings is 2. The average molecular weight is 797 g/mol. The lowest BCUT2D eigenvalue weighted by molar-refractivity contribution is -0.159. The minimum absolute atomic E-state index is 0.327. The fourth-order valence-electron chi connectivity index (χ4n) is 5.43. The molecule has 1 aliphatic rings. The second-order valence-electron chi connectivity index (χ2n) is 12.1. The summed E-state index contributed by atoms with van der Waals surface area (Å²) in [6.45, 7) is 12.7. The number of hydrogen-bond acceptors (Lipinski definition) is 10. The average Bonchev–Trinajstić information content (AvgIpc) is 3.51. The summed E-state index contributed by atoms with van der Waals surface area (Å²) in [6, 6.07) is 14.9. The summed E-state index contributed by atoms with van der Waals surface area (Å²) >= 11 is 8.09. The lowest BCUT2D eigenvalue weighted by Gasteiger charge is -2.28. The van der Waals surface area contributed by atoms with Gasteiger partial charge in [0.25, 0.3) is 0 Å². The zero-order valence-electron chi connectivity index (χ0n) is 30.3. The molecule has 1 aromatic heterocycles. The third-order valence-electron chi connectivity index (χ3n) is 8.13. The molecule has 0 saturated heterocycles. The molecular weight excluding hydrogens is 748 g/mol. The predicted octanol–water partition coefficient (Wildman–Crippen LogP) is 6.34. The van der Waals surface area contributed by atoms with Gasteiger partial charge in [-0.1, -0.05) is 63.4 Å². The number of unbranched alkanes of at least 4 members (excludes halogenated alkanes) is 2. The van der Waals surface area contributed by atoms with E-state index in [-0.39, 0.29) is 0 Å². The van der Waals surface area contributed by atoms with E-state index in [4.69, 9.17) is 55.9 Å². The van der Waals surface area contributed by atoms with Crippen LogP contribution in [0.2, 0.25) is 5.02 Å². The summed E-state index contributed by atoms with van der Waals surface area (Å²) < 4.78 is 34.0. The summed E-state index contributed by atoms with van der Waals surface area (Å²) in [5.74, 6) is -6.58. The molecule has 292 valence electrons. The molecule has 0 spiro atoms. The Labute approximate surface area is 319 Å². The van der Waals surface area contributed by atoms with Crippen LogP contribution in [0.1, 0.15) is 73.8 Å². The summed E-state index contributed by atoms with van der Waals surface area (Å²) in [5, 5.41) is 30.3. The maximum absolute atomic E-state index is 14.0. The number of fused-ring (bicyclic) bond motifs is 1. The number of thiophene rings is 1. The van der Waals surface area contributed by atoms with Gasteiger partial charge in [0.1, 0.15) is 5.75 Å². The van der Waals surface area contributed by atoms with Crippen molar-refractivity contribution in [2.24, 2.45) is 0 Å². The van der Waals surface area contributed by atoms with Crippen LogP contribution in [0.3, 0.4) is 0 Å². The SMILES string of the molecule is CCCCN(CCCC)CCCOc1ccc(S(=O)(=O)c2c(CC)sc3c2CN(Cc2ccccc2Cl)CC3)cc1.O=C(O)C(=O)O.O=C(O)C(=O)O. The first kappa shape index (κ1) is 45.1. The van der Waals surface area contributed by atoms with E-state index in [2.05, 4.69) is 23.6 Å². The molecule has 0 saturated carbocycles. The van der Waals surface area contributed by atoms with Crippen LogP contribution in [0.25, 0.3) is 0 Å². The van der Waals surface area contributed by atoms with E-state index >= 15 is 0 Å². The van der Waals surface area contributed by atoms with Gasteiger partial charge in [-0.25, -0.2) is 27.6 Å². The number of hydrogen-bond donors (Lipinski definition) is 4. The van der Waals surface area contributed by atoms with Crippen LogP contribution in [-0.2, 0) is 54.9 Å². The van der Waals surface area contributed by atoms with E-state index < -0.39 is 33.7 Å². The standard InChI is InChI=1S/C33H45ClN2O3S2.2C2H2O4/c1-4-7-19-35(20-8-5-2)21-11-23-39-27-14-16-28(17-15-27)41(37,38)33-29-25-36(22-18-32(29)40-31(33)6-3)24-26-12-9-10-13-30(26)34;2*3-1(4)2(5)6/h9-10,12-17H,4-8,11,18-25H2,1-3H3;2*(H,3,4)(H,5,6). The molecule has 13 nitrogen and oxygen atoms in total. The number of sulfone groups is 1. The zero-order valence-corrected chi connectivity index (χ0v) is 32.6. The van der Waals surface area contributed by atoms with E-state index in [0.717, 1.165) is 60.0 Å². The molecular formula is C37H49ClN2O11S2. The van der Waals surface area contributed by atoms with E-state index in [1.54, 1.807) is 35.6 Å². The van der Waals surface area contributed by atoms with Crippen molar-refractivity contribution in [1.29, 1.82) is 0 Å². The van der Waals surface area contributed by atoms with Crippen molar-refractivity contribution >= 4 is 56.7 Å². The Hall–Kier alpha value is -4.02. The van der Waals surface area contributed by atoms with Gasteiger partial charge in [0.05, 0.1) is 16.4 Å². The van der Waals surface area contributed by atoms with Crippen molar-refractivity contribution in [1.82, 2.24) is 9.80 Å². The van der Waals surface area contributed by atoms with Crippen LogP contribution in [0.5, 0.6) is 5.75 Å². The molecule has 0 bridgehead atoms. The third kappa shape index (κ3) is 14.7. The Balaban J connectivity index is 0.000000698. The predicted molar refractivity (Wildman–Crippen MR) is 202 cm³/mol. The van der Waals surface area contributed by atoms with Crippen LogP contribution < -0.4 is 4.74 Å². The summed E-state index contributed by atoms with van der Waals surface area (Å²) in [5.41, 5.74) is 2.03. The minimum atomic E-state index is -3.66. The first-order valence-electron chi connectivity index (χ1n) is 17.4. The summed E-state index contributed by atoms with van der Waals surface area (Å²) in [6.07, 6.45) is 7.39. The van der Waals surface area contributed by atoms with Crippen LogP contribution in [-0.4, -0.2) is 95.3 Å². The molecule has 4 rings (SSSR count). The van der Waals surface area contributed by atoms with Gasteiger partial charge in [-0.2, -0.15) is 0 Å². The number of ether oxygens (including phenoxy) is 1. The fourth-order valence-corrected chi connectivity index (χ4v) is 8.97. The second kappa shape index (κ2) is 22.9. The zero-order chi connectivity index (χ0) is 39.6. The number of carboxylic acid groups (broad SMARTS) is 4. The van der Waals surface area contributed by atoms with Gasteiger partial charge in [0.15, 0.2) is 0 Å². The molecule has 16 heteroatoms. The monoisotopic (exact) mass is 796 g/mol. The molecule has 0 atom stereocenters. The van der Waals surface area contributed by atoms with Crippen molar-refractivity contribution in [3.63, 3.8) is 0 Å². The topological polar surface area (TPSA) is 199 Å². The molecule has 0 amide bonds. The number of rotatable bonds is 16. The van der Waals surface area contributed by atoms with Gasteiger partial charge in [-0.15, -0.1) is 11.3 Å². The van der Waals surface area contributed by atoms with Gasteiger partial charge in [-0.05, 0) is 86.7 Å². The number of aliphatic carboxylic acids is 4. The molecule has 2 heterocycles. The summed E-state index contributed by atoms with van der Waals surface area (Å²) in [4.78, 5) is 44.2. The van der Waals surface area contributed by atoms with Gasteiger partial charge in [0.2, 0.25) is 9.84 Å². The smallest absolute Gasteiger partial charge is 0.414 e. The maximum atomic E-state index is 14.0. The highest BCUT2D eigenvalue weighted by molar-refractivity contribution is 7.91. The van der Waals surface area contributed by atoms with Crippen molar-refractivity contribution in [3.05, 3.63) is 74.4 Å². The quantitative estimate of drug-likeness (QED) is 0.0926. The Morgan fingerprint density at radius 2 is 1.38 bits per heavy atom. The van der Waals surface area contributed by atoms with Crippen LogP contribution in [0, 0.1) is 0 Å². The van der Waals surface area contributed by atoms with Gasteiger partial charge >= 0.3 is 23.9 Å². The molecule has 3 aromatic rings. The largest absolute Gasteiger partial charge is 0.494 e. The molecule has 0 fully saturated rings.